The number of hydrogen-bond donors (Lipinski definition) is 4. The number of fused-ring (bicyclic) bond motifs is 2. The molecule has 0 radical (unpaired) electrons. The highest BCUT2D eigenvalue weighted by Gasteiger charge is 2.64. The molecule has 4 nitrogen and oxygen atoms in total. The summed E-state index contributed by atoms with van der Waals surface area (Å²) in [6, 6.07) is 0. The molecule has 0 aromatic heterocycles. The first kappa shape index (κ1) is 18.6. The van der Waals surface area contributed by atoms with E-state index in [9.17, 15) is 20.4 Å². The molecule has 8 unspecified atom stereocenters. The maximum absolute atomic E-state index is 9.82. The molecule has 0 bridgehead atoms. The largest absolute Gasteiger partial charge is 0.390 e. The first-order chi connectivity index (χ1) is 10.7. The zero-order valence-corrected chi connectivity index (χ0v) is 16.1. The molecule has 0 spiro atoms. The molecule has 0 aromatic carbocycles. The molecule has 0 amide bonds. The third kappa shape index (κ3) is 2.84. The fourth-order valence-corrected chi connectivity index (χ4v) is 5.61. The fraction of sp³-hybridized carbons (Fsp3) is 1.00. The van der Waals surface area contributed by atoms with Crippen molar-refractivity contribution in [2.24, 2.45) is 34.5 Å². The van der Waals surface area contributed by atoms with Crippen molar-refractivity contribution in [2.45, 2.75) is 90.6 Å². The Balaban J connectivity index is 0.000000141. The SMILES string of the molecule is CC1(O)CC2C(CC1O)C2(C)C.CC1(O)CC2C(CC1O)C2(C)C. The van der Waals surface area contributed by atoms with Crippen molar-refractivity contribution in [3.8, 4) is 0 Å². The van der Waals surface area contributed by atoms with Crippen LogP contribution in [0.25, 0.3) is 0 Å². The molecule has 8 atom stereocenters. The second-order valence-corrected chi connectivity index (χ2v) is 10.7. The molecule has 4 heteroatoms. The van der Waals surface area contributed by atoms with Crippen molar-refractivity contribution in [3.63, 3.8) is 0 Å². The van der Waals surface area contributed by atoms with Crippen molar-refractivity contribution < 1.29 is 20.4 Å². The minimum Gasteiger partial charge on any atom is -0.390 e. The summed E-state index contributed by atoms with van der Waals surface area (Å²) in [4.78, 5) is 0. The minimum absolute atomic E-state index is 0.363. The van der Waals surface area contributed by atoms with Gasteiger partial charge in [0.1, 0.15) is 0 Å². The Morgan fingerprint density at radius 1 is 0.583 bits per heavy atom. The van der Waals surface area contributed by atoms with E-state index in [4.69, 9.17) is 0 Å². The Kier molecular flexibility index (Phi) is 4.02. The van der Waals surface area contributed by atoms with E-state index in [1.54, 1.807) is 13.8 Å². The third-order valence-electron chi connectivity index (χ3n) is 8.23. The molecule has 4 aliphatic carbocycles. The van der Waals surface area contributed by atoms with Crippen LogP contribution in [0.15, 0.2) is 0 Å². The maximum atomic E-state index is 9.82. The molecule has 4 N–H and O–H groups in total. The van der Waals surface area contributed by atoms with Crippen LogP contribution in [-0.2, 0) is 0 Å². The summed E-state index contributed by atoms with van der Waals surface area (Å²) >= 11 is 0. The van der Waals surface area contributed by atoms with E-state index in [2.05, 4.69) is 27.7 Å². The highest BCUT2D eigenvalue weighted by molar-refractivity contribution is 5.13. The van der Waals surface area contributed by atoms with Crippen molar-refractivity contribution in [1.29, 1.82) is 0 Å². The van der Waals surface area contributed by atoms with E-state index in [1.165, 1.54) is 0 Å². The Bertz CT molecular complexity index is 462. The maximum Gasteiger partial charge on any atom is 0.0880 e. The lowest BCUT2D eigenvalue weighted by atomic mass is 9.84. The molecule has 4 fully saturated rings. The summed E-state index contributed by atoms with van der Waals surface area (Å²) < 4.78 is 0. The normalized spacial score (nSPS) is 56.2. The first-order valence-corrected chi connectivity index (χ1v) is 9.52. The van der Waals surface area contributed by atoms with Gasteiger partial charge in [-0.1, -0.05) is 27.7 Å². The van der Waals surface area contributed by atoms with Crippen LogP contribution in [0.2, 0.25) is 0 Å². The Hall–Kier alpha value is -0.160. The molecule has 0 heterocycles. The van der Waals surface area contributed by atoms with Gasteiger partial charge in [-0.15, -0.1) is 0 Å². The van der Waals surface area contributed by atoms with Gasteiger partial charge in [0.25, 0.3) is 0 Å². The summed E-state index contributed by atoms with van der Waals surface area (Å²) in [5.74, 6) is 2.56. The minimum atomic E-state index is -0.838. The molecule has 140 valence electrons. The van der Waals surface area contributed by atoms with Gasteiger partial charge in [-0.05, 0) is 74.0 Å². The molecular weight excluding hydrogens is 304 g/mol. The molecule has 4 aliphatic rings. The van der Waals surface area contributed by atoms with Gasteiger partial charge in [-0.25, -0.2) is 0 Å². The van der Waals surface area contributed by atoms with Crippen LogP contribution in [-0.4, -0.2) is 43.8 Å². The quantitative estimate of drug-likeness (QED) is 0.546. The monoisotopic (exact) mass is 340 g/mol. The summed E-state index contributed by atoms with van der Waals surface area (Å²) in [5.41, 5.74) is -0.952. The van der Waals surface area contributed by atoms with Crippen molar-refractivity contribution >= 4 is 0 Å². The van der Waals surface area contributed by atoms with Gasteiger partial charge in [0.05, 0.1) is 23.4 Å². The molecule has 0 aromatic rings. The number of rotatable bonds is 0. The van der Waals surface area contributed by atoms with Crippen LogP contribution >= 0.6 is 0 Å². The predicted molar refractivity (Wildman–Crippen MR) is 93.3 cm³/mol. The smallest absolute Gasteiger partial charge is 0.0880 e. The van der Waals surface area contributed by atoms with E-state index < -0.39 is 23.4 Å². The van der Waals surface area contributed by atoms with Gasteiger partial charge in [0.2, 0.25) is 0 Å². The summed E-state index contributed by atoms with van der Waals surface area (Å²) in [5, 5.41) is 38.9. The van der Waals surface area contributed by atoms with Gasteiger partial charge >= 0.3 is 0 Å². The van der Waals surface area contributed by atoms with Crippen LogP contribution in [0.1, 0.15) is 67.2 Å². The van der Waals surface area contributed by atoms with Gasteiger partial charge in [-0.3, -0.25) is 0 Å². The fourth-order valence-electron chi connectivity index (χ4n) is 5.61. The van der Waals surface area contributed by atoms with E-state index in [0.717, 1.165) is 25.7 Å². The van der Waals surface area contributed by atoms with Crippen LogP contribution in [0.3, 0.4) is 0 Å². The lowest BCUT2D eigenvalue weighted by molar-refractivity contribution is -0.0893. The zero-order chi connectivity index (χ0) is 18.3. The lowest BCUT2D eigenvalue weighted by Gasteiger charge is -2.32. The molecule has 4 rings (SSSR count). The average Bonchev–Trinajstić information content (AvgIpc) is 3.13. The van der Waals surface area contributed by atoms with E-state index in [0.29, 0.717) is 34.5 Å². The molecule has 0 saturated heterocycles. The van der Waals surface area contributed by atoms with Crippen molar-refractivity contribution in [3.05, 3.63) is 0 Å². The predicted octanol–water partition coefficient (Wildman–Crippen LogP) is 2.33. The number of hydrogen-bond acceptors (Lipinski definition) is 4. The third-order valence-corrected chi connectivity index (χ3v) is 8.23. The zero-order valence-electron chi connectivity index (χ0n) is 16.1. The van der Waals surface area contributed by atoms with Crippen LogP contribution < -0.4 is 0 Å². The standard InChI is InChI=1S/2C10H18O2/c2*1-9(2)6-4-8(11)10(3,12)5-7(6)9/h2*6-8,11-12H,4-5H2,1-3H3. The second-order valence-electron chi connectivity index (χ2n) is 10.7. The highest BCUT2D eigenvalue weighted by Crippen LogP contribution is 2.67. The van der Waals surface area contributed by atoms with Gasteiger partial charge < -0.3 is 20.4 Å². The Morgan fingerprint density at radius 2 is 0.875 bits per heavy atom. The first-order valence-electron chi connectivity index (χ1n) is 9.52. The molecule has 24 heavy (non-hydrogen) atoms. The Morgan fingerprint density at radius 3 is 1.12 bits per heavy atom. The van der Waals surface area contributed by atoms with Crippen LogP contribution in [0.5, 0.6) is 0 Å². The molecule has 0 aliphatic heterocycles. The summed E-state index contributed by atoms with van der Waals surface area (Å²) in [7, 11) is 0. The van der Waals surface area contributed by atoms with E-state index in [-0.39, 0.29) is 0 Å². The van der Waals surface area contributed by atoms with Crippen molar-refractivity contribution in [1.82, 2.24) is 0 Å². The Labute approximate surface area is 146 Å². The van der Waals surface area contributed by atoms with Crippen LogP contribution in [0, 0.1) is 34.5 Å². The van der Waals surface area contributed by atoms with Gasteiger partial charge in [0.15, 0.2) is 0 Å². The summed E-state index contributed by atoms with van der Waals surface area (Å²) in [6.07, 6.45) is 2.08. The highest BCUT2D eigenvalue weighted by atomic mass is 16.3. The van der Waals surface area contributed by atoms with Crippen molar-refractivity contribution in [2.75, 3.05) is 0 Å². The number of aliphatic hydroxyl groups excluding tert-OH is 2. The van der Waals surface area contributed by atoms with E-state index >= 15 is 0 Å². The number of aliphatic hydroxyl groups is 4. The second kappa shape index (κ2) is 5.18. The van der Waals surface area contributed by atoms with Gasteiger partial charge in [0, 0.05) is 0 Å². The lowest BCUT2D eigenvalue weighted by Crippen LogP contribution is -2.42. The molecular formula is C20H36O4. The topological polar surface area (TPSA) is 80.9 Å². The molecule has 4 saturated carbocycles. The van der Waals surface area contributed by atoms with Crippen LogP contribution in [0.4, 0.5) is 0 Å². The van der Waals surface area contributed by atoms with E-state index in [1.807, 2.05) is 0 Å². The van der Waals surface area contributed by atoms with Gasteiger partial charge in [-0.2, -0.15) is 0 Å². The summed E-state index contributed by atoms with van der Waals surface area (Å²) in [6.45, 7) is 12.4. The average molecular weight is 341 g/mol.